The normalized spacial score (nSPS) is 12.7. The Labute approximate surface area is 516 Å². The number of fused-ring (bicyclic) bond motifs is 1. The average molecular weight is 1370 g/mol. The molecular weight excluding hydrogens is 1320 g/mol. The zero-order valence-electron chi connectivity index (χ0n) is 47.9. The second-order valence-corrected chi connectivity index (χ2v) is 20.8. The molecule has 0 fully saturated rings. The maximum atomic E-state index is 14.2. The van der Waals surface area contributed by atoms with Crippen LogP contribution < -0.4 is 21.9 Å². The van der Waals surface area contributed by atoms with Crippen molar-refractivity contribution in [2.45, 2.75) is 119 Å². The van der Waals surface area contributed by atoms with Gasteiger partial charge in [-0.25, -0.2) is 0 Å². The first-order chi connectivity index (χ1) is 39.3. The van der Waals surface area contributed by atoms with Crippen molar-refractivity contribution in [2.24, 2.45) is 0 Å². The van der Waals surface area contributed by atoms with Crippen molar-refractivity contribution in [1.29, 1.82) is 0 Å². The Bertz CT molecular complexity index is 3040. The number of hydrogen-bond donors (Lipinski definition) is 0. The Balaban J connectivity index is 0.000000516. The summed E-state index contributed by atoms with van der Waals surface area (Å²) < 4.78 is 341. The Morgan fingerprint density at radius 1 is 0.258 bits per heavy atom. The van der Waals surface area contributed by atoms with Crippen LogP contribution in [0.4, 0.5) is 105 Å². The molecule has 486 valence electrons. The number of benzene rings is 6. The minimum absolute atomic E-state index is 0. The molecule has 0 atom stereocenters. The first-order valence-electron chi connectivity index (χ1n) is 25.5. The van der Waals surface area contributed by atoms with Gasteiger partial charge in [-0.3, -0.25) is 0 Å². The van der Waals surface area contributed by atoms with Crippen LogP contribution in [0.5, 0.6) is 0 Å². The smallest absolute Gasteiger partial charge is 0.196 e. The van der Waals surface area contributed by atoms with Crippen molar-refractivity contribution < 1.29 is 140 Å². The molecular formula is C62H50BF24Fe2-. The SMILES string of the molecule is Cc1c(C)c(C)[c-](C)c1C.Cc1c(C)c(C)[c-](C)c1C.FC(F)(F)c1cc([B-](c2cc(C(F)(F)F)cc(C(F)(F)F)c2)(c2cc(C(F)(F)F)cc(C(F)(F)F)c2)c2cc(C(F)(F)F)cc(C(F)(F)F)c2)cc(C(F)(F)F)c1.[Fe+2].[Fe].c1ccc2ccccc2c1. The molecule has 0 unspecified atom stereocenters. The van der Waals surface area contributed by atoms with E-state index in [0.717, 1.165) is 0 Å². The van der Waals surface area contributed by atoms with Crippen LogP contribution in [0.25, 0.3) is 10.8 Å². The second-order valence-electron chi connectivity index (χ2n) is 20.8. The van der Waals surface area contributed by atoms with E-state index in [2.05, 4.69) is 118 Å². The maximum absolute atomic E-state index is 14.2. The summed E-state index contributed by atoms with van der Waals surface area (Å²) in [5, 5.41) is 2.62. The third-order valence-electron chi connectivity index (χ3n) is 15.7. The molecule has 8 rings (SSSR count). The number of hydrogen-bond acceptors (Lipinski definition) is 0. The summed E-state index contributed by atoms with van der Waals surface area (Å²) in [4.78, 5) is 0. The van der Waals surface area contributed by atoms with E-state index in [4.69, 9.17) is 0 Å². The third kappa shape index (κ3) is 17.6. The fraction of sp³-hybridized carbons (Fsp3) is 0.290. The van der Waals surface area contributed by atoms with Crippen LogP contribution in [0.1, 0.15) is 100 Å². The van der Waals surface area contributed by atoms with E-state index < -0.39 is 195 Å². The van der Waals surface area contributed by atoms with Gasteiger partial charge < -0.3 is 0 Å². The van der Waals surface area contributed by atoms with Crippen LogP contribution in [0.3, 0.4) is 0 Å². The van der Waals surface area contributed by atoms with E-state index in [1.807, 2.05) is 0 Å². The largest absolute Gasteiger partial charge is 2.00 e. The molecule has 0 heterocycles. The predicted octanol–water partition coefficient (Wildman–Crippen LogP) is 19.9. The zero-order chi connectivity index (χ0) is 66.5. The summed E-state index contributed by atoms with van der Waals surface area (Å²) in [5.41, 5.74) is -15.5. The van der Waals surface area contributed by atoms with E-state index >= 15 is 0 Å². The van der Waals surface area contributed by atoms with Gasteiger partial charge in [-0.2, -0.15) is 183 Å². The fourth-order valence-corrected chi connectivity index (χ4v) is 10.0. The number of alkyl halides is 24. The Morgan fingerprint density at radius 3 is 0.494 bits per heavy atom. The summed E-state index contributed by atoms with van der Waals surface area (Å²) in [7, 11) is 0. The molecule has 8 aromatic rings. The summed E-state index contributed by atoms with van der Waals surface area (Å²) in [6.45, 7) is 22.0. The first-order valence-corrected chi connectivity index (χ1v) is 25.5. The van der Waals surface area contributed by atoms with E-state index in [1.165, 1.54) is 66.4 Å². The molecule has 0 spiro atoms. The summed E-state index contributed by atoms with van der Waals surface area (Å²) in [6.07, 6.45) is -54.8. The van der Waals surface area contributed by atoms with Crippen molar-refractivity contribution in [3.63, 3.8) is 0 Å². The third-order valence-corrected chi connectivity index (χ3v) is 15.7. The minimum Gasteiger partial charge on any atom is -0.196 e. The first kappa shape index (κ1) is 76.9. The van der Waals surface area contributed by atoms with Gasteiger partial charge in [0.1, 0.15) is 6.15 Å². The van der Waals surface area contributed by atoms with Crippen LogP contribution in [0.15, 0.2) is 121 Å². The van der Waals surface area contributed by atoms with Gasteiger partial charge in [0.05, 0.1) is 44.5 Å². The zero-order valence-corrected chi connectivity index (χ0v) is 50.1. The van der Waals surface area contributed by atoms with Gasteiger partial charge in [0.15, 0.2) is 0 Å². The minimum atomic E-state index is -6.13. The molecule has 0 nitrogen and oxygen atoms in total. The molecule has 0 aliphatic carbocycles. The summed E-state index contributed by atoms with van der Waals surface area (Å²) >= 11 is 0. The molecule has 27 heteroatoms. The quantitative estimate of drug-likeness (QED) is 0.0936. The van der Waals surface area contributed by atoms with Gasteiger partial charge in [0, 0.05) is 17.1 Å². The Kier molecular flexibility index (Phi) is 23.6. The van der Waals surface area contributed by atoms with Gasteiger partial charge >= 0.3 is 66.5 Å². The fourth-order valence-electron chi connectivity index (χ4n) is 10.0. The molecule has 0 saturated heterocycles. The molecule has 0 radical (unpaired) electrons. The van der Waals surface area contributed by atoms with Crippen molar-refractivity contribution >= 4 is 38.8 Å². The van der Waals surface area contributed by atoms with E-state index in [0.29, 0.717) is 0 Å². The van der Waals surface area contributed by atoms with E-state index in [9.17, 15) is 105 Å². The van der Waals surface area contributed by atoms with Crippen molar-refractivity contribution in [2.75, 3.05) is 0 Å². The monoisotopic (exact) mass is 1370 g/mol. The topological polar surface area (TPSA) is 0 Å². The van der Waals surface area contributed by atoms with Crippen molar-refractivity contribution in [3.8, 4) is 0 Å². The molecule has 0 aliphatic heterocycles. The Morgan fingerprint density at radius 2 is 0.393 bits per heavy atom. The van der Waals surface area contributed by atoms with Crippen LogP contribution in [-0.4, -0.2) is 6.15 Å². The predicted molar refractivity (Wildman–Crippen MR) is 285 cm³/mol. The Hall–Kier alpha value is -6.30. The molecule has 0 amide bonds. The molecule has 0 saturated carbocycles. The second kappa shape index (κ2) is 27.3. The molecule has 0 aliphatic rings. The molecule has 8 aromatic carbocycles. The van der Waals surface area contributed by atoms with Gasteiger partial charge in [0.25, 0.3) is 0 Å². The van der Waals surface area contributed by atoms with Gasteiger partial charge in [-0.1, -0.05) is 166 Å². The van der Waals surface area contributed by atoms with Crippen LogP contribution in [-0.2, 0) is 83.5 Å². The van der Waals surface area contributed by atoms with E-state index in [1.54, 1.807) is 0 Å². The van der Waals surface area contributed by atoms with Crippen molar-refractivity contribution in [1.82, 2.24) is 0 Å². The van der Waals surface area contributed by atoms with Crippen LogP contribution in [0, 0.1) is 69.2 Å². The summed E-state index contributed by atoms with van der Waals surface area (Å²) in [6, 6.07) is 7.90. The molecule has 89 heavy (non-hydrogen) atoms. The molecule has 0 N–H and O–H groups in total. The molecule has 0 aromatic heterocycles. The summed E-state index contributed by atoms with van der Waals surface area (Å²) in [5.74, 6) is 0. The van der Waals surface area contributed by atoms with Crippen LogP contribution >= 0.6 is 0 Å². The van der Waals surface area contributed by atoms with Crippen molar-refractivity contribution in [3.05, 3.63) is 221 Å². The van der Waals surface area contributed by atoms with Gasteiger partial charge in [-0.05, 0) is 35.0 Å². The van der Waals surface area contributed by atoms with Gasteiger partial charge in [-0.15, -0.1) is 0 Å². The van der Waals surface area contributed by atoms with E-state index in [-0.39, 0.29) is 34.1 Å². The average Bonchev–Trinajstić information content (AvgIpc) is 1.33. The number of halogens is 24. The van der Waals surface area contributed by atoms with Gasteiger partial charge in [0.2, 0.25) is 0 Å². The standard InChI is InChI=1S/C32H12BF24.C10H8.2C10H15.2Fe/c34-25(35,36)13-1-14(26(37,38)39)6-21(5-13)33(22-7-15(27(40,41)42)2-16(8-22)28(43,44)45,23-9-17(29(46,47)48)3-18(10-23)30(49,50)51)24-11-19(31(52,53)54)4-20(12-24)32(55,56)57;1-2-6-10-8-4-3-7-9(10)5-1;2*1-6-7(2)9(4)10(5)8(6)3;;/h1-12H;1-8H;2*1-5H3;;/q-1;;2*-1;;+2. The maximum Gasteiger partial charge on any atom is 2.00 e. The molecule has 0 bridgehead atoms. The van der Waals surface area contributed by atoms with Crippen LogP contribution in [0.2, 0.25) is 0 Å². The number of rotatable bonds is 4.